The number of rotatable bonds is 5. The van der Waals surface area contributed by atoms with Gasteiger partial charge in [-0.05, 0) is 121 Å². The van der Waals surface area contributed by atoms with Gasteiger partial charge in [0.25, 0.3) is 0 Å². The molecule has 2 nitrogen and oxygen atoms in total. The molecule has 2 aliphatic carbocycles. The van der Waals surface area contributed by atoms with Crippen molar-refractivity contribution in [3.05, 3.63) is 264 Å². The summed E-state index contributed by atoms with van der Waals surface area (Å²) in [7, 11) is 0. The minimum Gasteiger partial charge on any atom is -0.310 e. The Kier molecular flexibility index (Phi) is 7.70. The summed E-state index contributed by atoms with van der Waals surface area (Å²) in [5, 5.41) is 2.57. The summed E-state index contributed by atoms with van der Waals surface area (Å²) in [6.45, 7) is 4.74. The number of hydrogen-bond acceptors (Lipinski definition) is 1. The third-order valence-electron chi connectivity index (χ3n) is 15.2. The number of hydrogen-bond donors (Lipinski definition) is 0. The molecule has 0 atom stereocenters. The third kappa shape index (κ3) is 4.85. The highest BCUT2D eigenvalue weighted by molar-refractivity contribution is 6.13. The highest BCUT2D eigenvalue weighted by Crippen LogP contribution is 2.61. The predicted molar refractivity (Wildman–Crippen MR) is 275 cm³/mol. The molecule has 66 heavy (non-hydrogen) atoms. The van der Waals surface area contributed by atoms with Crippen molar-refractivity contribution in [2.75, 3.05) is 4.90 Å². The van der Waals surface area contributed by atoms with E-state index in [1.807, 2.05) is 0 Å². The molecular weight excluding hydrogens is 797 g/mol. The Labute approximate surface area is 385 Å². The summed E-state index contributed by atoms with van der Waals surface area (Å²) in [6.07, 6.45) is 0. The van der Waals surface area contributed by atoms with E-state index < -0.39 is 5.41 Å². The number of fused-ring (bicyclic) bond motifs is 15. The highest BCUT2D eigenvalue weighted by Gasteiger charge is 2.51. The van der Waals surface area contributed by atoms with Gasteiger partial charge in [-0.15, -0.1) is 0 Å². The van der Waals surface area contributed by atoms with E-state index in [0.717, 1.165) is 17.1 Å². The molecule has 14 rings (SSSR count). The summed E-state index contributed by atoms with van der Waals surface area (Å²) >= 11 is 0. The first kappa shape index (κ1) is 37.2. The molecule has 2 heterocycles. The Bertz CT molecular complexity index is 3750. The predicted octanol–water partition coefficient (Wildman–Crippen LogP) is 16.6. The van der Waals surface area contributed by atoms with Gasteiger partial charge in [-0.3, -0.25) is 0 Å². The molecule has 0 saturated heterocycles. The van der Waals surface area contributed by atoms with Crippen LogP contribution in [-0.2, 0) is 10.8 Å². The van der Waals surface area contributed by atoms with Gasteiger partial charge in [0.2, 0.25) is 0 Å². The first-order valence-electron chi connectivity index (χ1n) is 23.2. The summed E-state index contributed by atoms with van der Waals surface area (Å²) in [4.78, 5) is 2.43. The summed E-state index contributed by atoms with van der Waals surface area (Å²) in [5.74, 6) is 0. The molecule has 2 heteroatoms. The van der Waals surface area contributed by atoms with E-state index in [2.05, 4.69) is 254 Å². The van der Waals surface area contributed by atoms with Crippen molar-refractivity contribution in [2.45, 2.75) is 24.7 Å². The molecule has 310 valence electrons. The Morgan fingerprint density at radius 2 is 0.894 bits per heavy atom. The van der Waals surface area contributed by atoms with Gasteiger partial charge >= 0.3 is 0 Å². The standard InChI is InChI=1S/C64H44N2/c1-63(2)53-28-11-6-23-49(53)51-26-16-25-46(61(51)63)41-34-37-44(38-35-41)65(43-18-4-3-5-19-43)58-32-14-9-20-45(58)42-36-39-60-57(40-42)64(54-29-12-7-21-47(54)48-22-8-13-30-55(48)64)56-31-17-27-52-50-24-10-15-33-59(50)66(60)62(52)56/h3-40H,1-2H3. The van der Waals surface area contributed by atoms with Crippen LogP contribution in [-0.4, -0.2) is 4.57 Å². The minimum atomic E-state index is -0.528. The number of benzene rings is 10. The smallest absolute Gasteiger partial charge is 0.0754 e. The maximum Gasteiger partial charge on any atom is 0.0754 e. The van der Waals surface area contributed by atoms with Gasteiger partial charge in [-0.1, -0.05) is 196 Å². The van der Waals surface area contributed by atoms with E-state index in [1.165, 1.54) is 105 Å². The summed E-state index contributed by atoms with van der Waals surface area (Å²) in [5.41, 5.74) is 24.7. The van der Waals surface area contributed by atoms with E-state index in [0.29, 0.717) is 0 Å². The zero-order chi connectivity index (χ0) is 43.7. The molecule has 11 aromatic rings. The molecule has 10 aromatic carbocycles. The average molecular weight is 841 g/mol. The van der Waals surface area contributed by atoms with Crippen molar-refractivity contribution in [3.8, 4) is 50.2 Å². The minimum absolute atomic E-state index is 0.102. The van der Waals surface area contributed by atoms with Crippen LogP contribution in [0.4, 0.5) is 17.1 Å². The second-order valence-corrected chi connectivity index (χ2v) is 18.8. The molecule has 0 saturated carbocycles. The van der Waals surface area contributed by atoms with E-state index in [4.69, 9.17) is 0 Å². The Balaban J connectivity index is 0.974. The van der Waals surface area contributed by atoms with Crippen molar-refractivity contribution in [2.24, 2.45) is 0 Å². The zero-order valence-corrected chi connectivity index (χ0v) is 36.8. The molecule has 0 N–H and O–H groups in total. The van der Waals surface area contributed by atoms with Crippen molar-refractivity contribution >= 4 is 38.9 Å². The largest absolute Gasteiger partial charge is 0.310 e. The van der Waals surface area contributed by atoms with Crippen molar-refractivity contribution < 1.29 is 0 Å². The van der Waals surface area contributed by atoms with Crippen LogP contribution in [0.1, 0.15) is 47.2 Å². The average Bonchev–Trinajstić information content (AvgIpc) is 3.96. The molecule has 0 fully saturated rings. The Morgan fingerprint density at radius 3 is 1.65 bits per heavy atom. The van der Waals surface area contributed by atoms with E-state index in [1.54, 1.807) is 0 Å². The number of anilines is 3. The van der Waals surface area contributed by atoms with Crippen LogP contribution in [0.2, 0.25) is 0 Å². The van der Waals surface area contributed by atoms with E-state index in [9.17, 15) is 0 Å². The molecule has 3 aliphatic rings. The fourth-order valence-electron chi connectivity index (χ4n) is 12.5. The molecule has 0 bridgehead atoms. The number of nitrogens with zero attached hydrogens (tertiary/aromatic N) is 2. The fourth-order valence-corrected chi connectivity index (χ4v) is 12.5. The molecule has 0 unspecified atom stereocenters. The van der Waals surface area contributed by atoms with E-state index in [-0.39, 0.29) is 5.41 Å². The van der Waals surface area contributed by atoms with Crippen molar-refractivity contribution in [1.82, 2.24) is 4.57 Å². The quantitative estimate of drug-likeness (QED) is 0.168. The van der Waals surface area contributed by atoms with E-state index >= 15 is 0 Å². The van der Waals surface area contributed by atoms with Gasteiger partial charge in [0.1, 0.15) is 0 Å². The van der Waals surface area contributed by atoms with Crippen LogP contribution >= 0.6 is 0 Å². The lowest BCUT2D eigenvalue weighted by Gasteiger charge is -2.40. The molecule has 1 aromatic heterocycles. The lowest BCUT2D eigenvalue weighted by Crippen LogP contribution is -2.33. The second kappa shape index (κ2) is 13.7. The SMILES string of the molecule is CC1(C)c2ccccc2-c2cccc(-c3ccc(N(c4ccccc4)c4ccccc4-c4ccc5c(c4)C4(c6ccccc6-c6ccccc64)c4cccc6c7ccccc7n-5c46)cc3)c21. The van der Waals surface area contributed by atoms with Gasteiger partial charge in [-0.2, -0.15) is 0 Å². The van der Waals surface area contributed by atoms with Crippen LogP contribution in [0, 0.1) is 0 Å². The van der Waals surface area contributed by atoms with Gasteiger partial charge in [-0.25, -0.2) is 0 Å². The molecule has 0 radical (unpaired) electrons. The van der Waals surface area contributed by atoms with Crippen LogP contribution in [0.25, 0.3) is 72.0 Å². The number of aromatic nitrogens is 1. The number of para-hydroxylation sites is 4. The second-order valence-electron chi connectivity index (χ2n) is 18.8. The summed E-state index contributed by atoms with van der Waals surface area (Å²) < 4.78 is 2.54. The normalized spacial score (nSPS) is 14.2. The van der Waals surface area contributed by atoms with Crippen molar-refractivity contribution in [1.29, 1.82) is 0 Å². The van der Waals surface area contributed by atoms with Gasteiger partial charge in [0.05, 0.1) is 27.8 Å². The van der Waals surface area contributed by atoms with Crippen LogP contribution in [0.15, 0.2) is 231 Å². The first-order chi connectivity index (χ1) is 32.5. The van der Waals surface area contributed by atoms with Crippen LogP contribution < -0.4 is 4.90 Å². The third-order valence-corrected chi connectivity index (χ3v) is 15.2. The monoisotopic (exact) mass is 840 g/mol. The zero-order valence-electron chi connectivity index (χ0n) is 36.8. The lowest BCUT2D eigenvalue weighted by atomic mass is 9.65. The van der Waals surface area contributed by atoms with Gasteiger partial charge in [0, 0.05) is 33.1 Å². The lowest BCUT2D eigenvalue weighted by molar-refractivity contribution is 0.662. The van der Waals surface area contributed by atoms with Crippen molar-refractivity contribution in [3.63, 3.8) is 0 Å². The van der Waals surface area contributed by atoms with Gasteiger partial charge < -0.3 is 9.47 Å². The van der Waals surface area contributed by atoms with Crippen LogP contribution in [0.5, 0.6) is 0 Å². The Morgan fingerprint density at radius 1 is 0.364 bits per heavy atom. The van der Waals surface area contributed by atoms with Crippen LogP contribution in [0.3, 0.4) is 0 Å². The summed E-state index contributed by atoms with van der Waals surface area (Å²) in [6, 6.07) is 86.2. The molecule has 1 spiro atoms. The highest BCUT2D eigenvalue weighted by atomic mass is 15.1. The topological polar surface area (TPSA) is 8.17 Å². The Hall–Kier alpha value is -8.20. The molecule has 0 amide bonds. The fraction of sp³-hybridized carbons (Fsp3) is 0.0625. The maximum absolute atomic E-state index is 2.54. The maximum atomic E-state index is 2.54. The first-order valence-corrected chi connectivity index (χ1v) is 23.2. The molecule has 1 aliphatic heterocycles. The molecular formula is C64H44N2. The van der Waals surface area contributed by atoms with Gasteiger partial charge in [0.15, 0.2) is 0 Å².